The van der Waals surface area contributed by atoms with Crippen molar-refractivity contribution < 1.29 is 9.90 Å². The van der Waals surface area contributed by atoms with Crippen LogP contribution in [0.15, 0.2) is 24.3 Å². The second-order valence-electron chi connectivity index (χ2n) is 3.68. The smallest absolute Gasteiger partial charge is 0.354 e. The van der Waals surface area contributed by atoms with Gasteiger partial charge in [0.05, 0.1) is 10.0 Å². The fourth-order valence-electron chi connectivity index (χ4n) is 1.57. The number of nitrogens with zero attached hydrogens (tertiary/aromatic N) is 1. The molecule has 98 valence electrons. The van der Waals surface area contributed by atoms with Crippen molar-refractivity contribution in [2.45, 2.75) is 0 Å². The molecule has 0 fully saturated rings. The van der Waals surface area contributed by atoms with E-state index in [4.69, 9.17) is 45.6 Å². The van der Waals surface area contributed by atoms with E-state index in [0.717, 1.165) is 0 Å². The molecule has 2 rings (SSSR count). The number of hydrogen-bond acceptors (Lipinski definition) is 3. The van der Waals surface area contributed by atoms with Crippen LogP contribution in [0.25, 0.3) is 11.1 Å². The molecule has 0 unspecified atom stereocenters. The van der Waals surface area contributed by atoms with E-state index in [1.807, 2.05) is 0 Å². The zero-order valence-corrected chi connectivity index (χ0v) is 11.6. The molecule has 0 amide bonds. The van der Waals surface area contributed by atoms with Gasteiger partial charge in [-0.15, -0.1) is 0 Å². The predicted octanol–water partition coefficient (Wildman–Crippen LogP) is 3.99. The minimum absolute atomic E-state index is 0.0418. The molecule has 1 aromatic carbocycles. The van der Waals surface area contributed by atoms with Crippen LogP contribution in [-0.4, -0.2) is 16.1 Å². The van der Waals surface area contributed by atoms with E-state index < -0.39 is 5.97 Å². The van der Waals surface area contributed by atoms with Crippen LogP contribution in [0.5, 0.6) is 0 Å². The molecule has 0 radical (unpaired) electrons. The summed E-state index contributed by atoms with van der Waals surface area (Å²) in [6.45, 7) is 0. The third-order valence-electron chi connectivity index (χ3n) is 2.43. The van der Waals surface area contributed by atoms with Gasteiger partial charge in [0.15, 0.2) is 5.69 Å². The molecular formula is C12H7Cl3N2O2. The summed E-state index contributed by atoms with van der Waals surface area (Å²) < 4.78 is 0. The molecule has 0 saturated heterocycles. The van der Waals surface area contributed by atoms with Crippen molar-refractivity contribution in [3.63, 3.8) is 0 Å². The largest absolute Gasteiger partial charge is 0.477 e. The molecular weight excluding hydrogens is 311 g/mol. The Kier molecular flexibility index (Phi) is 3.85. The number of carboxylic acids is 1. The maximum Gasteiger partial charge on any atom is 0.354 e. The van der Waals surface area contributed by atoms with E-state index in [2.05, 4.69) is 4.98 Å². The van der Waals surface area contributed by atoms with E-state index in [1.165, 1.54) is 18.2 Å². The van der Waals surface area contributed by atoms with Crippen LogP contribution in [-0.2, 0) is 0 Å². The highest BCUT2D eigenvalue weighted by molar-refractivity contribution is 6.45. The summed E-state index contributed by atoms with van der Waals surface area (Å²) >= 11 is 17.9. The second kappa shape index (κ2) is 5.25. The lowest BCUT2D eigenvalue weighted by atomic mass is 10.1. The van der Waals surface area contributed by atoms with Crippen LogP contribution < -0.4 is 5.73 Å². The summed E-state index contributed by atoms with van der Waals surface area (Å²) in [5.41, 5.74) is 6.57. The van der Waals surface area contributed by atoms with Gasteiger partial charge in [0.25, 0.3) is 0 Å². The van der Waals surface area contributed by atoms with E-state index in [0.29, 0.717) is 16.1 Å². The maximum absolute atomic E-state index is 10.8. The Hall–Kier alpha value is -1.49. The summed E-state index contributed by atoms with van der Waals surface area (Å²) in [4.78, 5) is 14.6. The number of nitrogens with two attached hydrogens (primary N) is 1. The van der Waals surface area contributed by atoms with Crippen LogP contribution in [0.3, 0.4) is 0 Å². The molecule has 2 aromatic rings. The zero-order chi connectivity index (χ0) is 14.2. The quantitative estimate of drug-likeness (QED) is 0.821. The van der Waals surface area contributed by atoms with Gasteiger partial charge in [-0.1, -0.05) is 34.8 Å². The highest BCUT2D eigenvalue weighted by Crippen LogP contribution is 2.38. The minimum atomic E-state index is -1.16. The van der Waals surface area contributed by atoms with E-state index in [1.54, 1.807) is 6.07 Å². The number of benzene rings is 1. The molecule has 7 heteroatoms. The summed E-state index contributed by atoms with van der Waals surface area (Å²) in [6.07, 6.45) is 0. The number of halogens is 3. The van der Waals surface area contributed by atoms with E-state index in [-0.39, 0.29) is 21.6 Å². The molecule has 0 atom stereocenters. The predicted molar refractivity (Wildman–Crippen MR) is 76.1 cm³/mol. The van der Waals surface area contributed by atoms with E-state index in [9.17, 15) is 4.79 Å². The molecule has 19 heavy (non-hydrogen) atoms. The van der Waals surface area contributed by atoms with Gasteiger partial charge in [-0.25, -0.2) is 9.78 Å². The van der Waals surface area contributed by atoms with Crippen LogP contribution >= 0.6 is 34.8 Å². The lowest BCUT2D eigenvalue weighted by molar-refractivity contribution is 0.0690. The third-order valence-corrected chi connectivity index (χ3v) is 3.45. The normalized spacial score (nSPS) is 10.5. The number of aromatic nitrogens is 1. The summed E-state index contributed by atoms with van der Waals surface area (Å²) in [5.74, 6) is -1.12. The first-order valence-corrected chi connectivity index (χ1v) is 6.18. The summed E-state index contributed by atoms with van der Waals surface area (Å²) in [6, 6.07) is 5.94. The zero-order valence-electron chi connectivity index (χ0n) is 9.32. The molecule has 0 aliphatic rings. The van der Waals surface area contributed by atoms with Crippen molar-refractivity contribution in [3.8, 4) is 11.1 Å². The van der Waals surface area contributed by atoms with Crippen molar-refractivity contribution in [2.75, 3.05) is 5.73 Å². The van der Waals surface area contributed by atoms with Gasteiger partial charge in [-0.3, -0.25) is 0 Å². The van der Waals surface area contributed by atoms with Crippen LogP contribution in [0.2, 0.25) is 15.1 Å². The Balaban J connectivity index is 2.63. The molecule has 4 nitrogen and oxygen atoms in total. The molecule has 0 aliphatic heterocycles. The summed E-state index contributed by atoms with van der Waals surface area (Å²) in [7, 11) is 0. The topological polar surface area (TPSA) is 76.2 Å². The van der Waals surface area contributed by atoms with Crippen molar-refractivity contribution in [3.05, 3.63) is 45.0 Å². The Morgan fingerprint density at radius 3 is 2.42 bits per heavy atom. The number of rotatable bonds is 2. The Bertz CT molecular complexity index is 674. The Morgan fingerprint density at radius 2 is 1.84 bits per heavy atom. The van der Waals surface area contributed by atoms with Crippen LogP contribution in [0.4, 0.5) is 5.82 Å². The molecule has 1 aromatic heterocycles. The SMILES string of the molecule is Nc1nc(C(=O)O)ccc1-c1cc(Cl)cc(Cl)c1Cl. The minimum Gasteiger partial charge on any atom is -0.477 e. The third kappa shape index (κ3) is 2.76. The van der Waals surface area contributed by atoms with Gasteiger partial charge in [0, 0.05) is 16.1 Å². The first kappa shape index (κ1) is 13.9. The monoisotopic (exact) mass is 316 g/mol. The second-order valence-corrected chi connectivity index (χ2v) is 4.91. The Labute approximate surface area is 123 Å². The first-order chi connectivity index (χ1) is 8.90. The first-order valence-electron chi connectivity index (χ1n) is 5.05. The van der Waals surface area contributed by atoms with Crippen molar-refractivity contribution in [1.29, 1.82) is 0 Å². The van der Waals surface area contributed by atoms with Crippen molar-refractivity contribution in [2.24, 2.45) is 0 Å². The fraction of sp³-hybridized carbons (Fsp3) is 0. The lowest BCUT2D eigenvalue weighted by Gasteiger charge is -2.09. The van der Waals surface area contributed by atoms with Gasteiger partial charge in [-0.05, 0) is 24.3 Å². The number of carboxylic acid groups (broad SMARTS) is 1. The number of nitrogen functional groups attached to an aromatic ring is 1. The number of aromatic carboxylic acids is 1. The molecule has 0 aliphatic carbocycles. The van der Waals surface area contributed by atoms with Crippen LogP contribution in [0, 0.1) is 0 Å². The van der Waals surface area contributed by atoms with Crippen LogP contribution in [0.1, 0.15) is 10.5 Å². The molecule has 1 heterocycles. The number of pyridine rings is 1. The average Bonchev–Trinajstić information content (AvgIpc) is 2.33. The number of hydrogen-bond donors (Lipinski definition) is 2. The van der Waals surface area contributed by atoms with Gasteiger partial charge < -0.3 is 10.8 Å². The van der Waals surface area contributed by atoms with Gasteiger partial charge >= 0.3 is 5.97 Å². The summed E-state index contributed by atoms with van der Waals surface area (Å²) in [5, 5.41) is 9.79. The van der Waals surface area contributed by atoms with Gasteiger partial charge in [0.2, 0.25) is 0 Å². The molecule has 3 N–H and O–H groups in total. The van der Waals surface area contributed by atoms with Gasteiger partial charge in [-0.2, -0.15) is 0 Å². The maximum atomic E-state index is 10.8. The Morgan fingerprint density at radius 1 is 1.16 bits per heavy atom. The van der Waals surface area contributed by atoms with Crippen molar-refractivity contribution >= 4 is 46.6 Å². The molecule has 0 spiro atoms. The highest BCUT2D eigenvalue weighted by atomic mass is 35.5. The fourth-order valence-corrected chi connectivity index (χ4v) is 2.28. The van der Waals surface area contributed by atoms with Gasteiger partial charge in [0.1, 0.15) is 5.82 Å². The molecule has 0 saturated carbocycles. The standard InChI is InChI=1S/C12H7Cl3N2O2/c13-5-3-7(10(15)8(14)4-5)6-1-2-9(12(18)19)17-11(6)16/h1-4H,(H2,16,17)(H,18,19). The lowest BCUT2D eigenvalue weighted by Crippen LogP contribution is -2.04. The number of carbonyl (C=O) groups is 1. The van der Waals surface area contributed by atoms with E-state index >= 15 is 0 Å². The highest BCUT2D eigenvalue weighted by Gasteiger charge is 2.14. The average molecular weight is 318 g/mol. The molecule has 0 bridgehead atoms. The van der Waals surface area contributed by atoms with Crippen molar-refractivity contribution in [1.82, 2.24) is 4.98 Å². The number of anilines is 1.